The third-order valence-electron chi connectivity index (χ3n) is 5.53. The van der Waals surface area contributed by atoms with E-state index >= 15 is 0 Å². The first-order chi connectivity index (χ1) is 16.6. The summed E-state index contributed by atoms with van der Waals surface area (Å²) in [6.07, 6.45) is 4.09. The van der Waals surface area contributed by atoms with E-state index in [-0.39, 0.29) is 5.92 Å². The van der Waals surface area contributed by atoms with Crippen LogP contribution in [0.4, 0.5) is 0 Å². The van der Waals surface area contributed by atoms with Crippen molar-refractivity contribution in [2.24, 2.45) is 0 Å². The van der Waals surface area contributed by atoms with Crippen molar-refractivity contribution < 1.29 is 9.47 Å². The Morgan fingerprint density at radius 1 is 0.706 bits per heavy atom. The van der Waals surface area contributed by atoms with Gasteiger partial charge in [0, 0.05) is 11.3 Å². The number of ether oxygens (including phenoxy) is 2. The van der Waals surface area contributed by atoms with E-state index in [0.717, 1.165) is 45.1 Å². The molecule has 3 heteroatoms. The van der Waals surface area contributed by atoms with E-state index in [1.807, 2.05) is 67.6 Å². The summed E-state index contributed by atoms with van der Waals surface area (Å²) >= 11 is 0. The number of benzene rings is 3. The van der Waals surface area contributed by atoms with E-state index < -0.39 is 0 Å². The second-order valence-electron chi connectivity index (χ2n) is 8.67. The standard InChI is InChI=1S/C31H31NO2/c1-23(2)31-29(33-21-25-12-6-4-7-13-25)19-27(17-18-28-16-10-11-24(3)32-28)20-30(31)34-22-26-14-8-5-9-15-26/h4-20,23H,21-22H2,1-3H3. The number of aryl methyl sites for hydroxylation is 1. The van der Waals surface area contributed by atoms with Crippen molar-refractivity contribution in [3.05, 3.63) is 125 Å². The Morgan fingerprint density at radius 2 is 1.26 bits per heavy atom. The Bertz CT molecular complexity index is 1170. The van der Waals surface area contributed by atoms with Gasteiger partial charge in [0.05, 0.1) is 5.69 Å². The number of hydrogen-bond acceptors (Lipinski definition) is 3. The van der Waals surface area contributed by atoms with E-state index in [1.54, 1.807) is 0 Å². The zero-order valence-corrected chi connectivity index (χ0v) is 20.1. The Labute approximate surface area is 202 Å². The van der Waals surface area contributed by atoms with Crippen LogP contribution in [0.5, 0.6) is 11.5 Å². The summed E-state index contributed by atoms with van der Waals surface area (Å²) in [5.41, 5.74) is 6.28. The molecule has 172 valence electrons. The summed E-state index contributed by atoms with van der Waals surface area (Å²) < 4.78 is 12.7. The van der Waals surface area contributed by atoms with Gasteiger partial charge in [-0.05, 0) is 59.9 Å². The van der Waals surface area contributed by atoms with Crippen molar-refractivity contribution >= 4 is 12.2 Å². The molecule has 0 unspecified atom stereocenters. The molecule has 1 aromatic heterocycles. The molecular formula is C31H31NO2. The van der Waals surface area contributed by atoms with Crippen LogP contribution in [0.15, 0.2) is 91.0 Å². The van der Waals surface area contributed by atoms with Gasteiger partial charge < -0.3 is 9.47 Å². The zero-order valence-electron chi connectivity index (χ0n) is 20.1. The first kappa shape index (κ1) is 23.3. The van der Waals surface area contributed by atoms with Gasteiger partial charge in [0.25, 0.3) is 0 Å². The fourth-order valence-electron chi connectivity index (χ4n) is 3.83. The highest BCUT2D eigenvalue weighted by molar-refractivity contribution is 5.71. The summed E-state index contributed by atoms with van der Waals surface area (Å²) in [7, 11) is 0. The molecular weight excluding hydrogens is 418 g/mol. The highest BCUT2D eigenvalue weighted by atomic mass is 16.5. The predicted octanol–water partition coefficient (Wildman–Crippen LogP) is 7.84. The lowest BCUT2D eigenvalue weighted by atomic mass is 9.98. The highest BCUT2D eigenvalue weighted by Crippen LogP contribution is 2.38. The Kier molecular flexibility index (Phi) is 7.77. The molecule has 1 heterocycles. The highest BCUT2D eigenvalue weighted by Gasteiger charge is 2.17. The van der Waals surface area contributed by atoms with E-state index in [9.17, 15) is 0 Å². The van der Waals surface area contributed by atoms with Crippen LogP contribution in [0, 0.1) is 6.92 Å². The summed E-state index contributed by atoms with van der Waals surface area (Å²) in [6, 6.07) is 30.7. The van der Waals surface area contributed by atoms with Crippen molar-refractivity contribution in [2.45, 2.75) is 39.9 Å². The van der Waals surface area contributed by atoms with E-state index in [4.69, 9.17) is 9.47 Å². The van der Waals surface area contributed by atoms with Gasteiger partial charge in [0.1, 0.15) is 24.7 Å². The molecule has 4 rings (SSSR count). The number of hydrogen-bond donors (Lipinski definition) is 0. The average Bonchev–Trinajstić information content (AvgIpc) is 2.86. The summed E-state index contributed by atoms with van der Waals surface area (Å²) in [5.74, 6) is 1.94. The molecule has 0 N–H and O–H groups in total. The van der Waals surface area contributed by atoms with Crippen molar-refractivity contribution in [1.29, 1.82) is 0 Å². The molecule has 0 aliphatic carbocycles. The van der Waals surface area contributed by atoms with Crippen LogP contribution in [0.2, 0.25) is 0 Å². The second-order valence-corrected chi connectivity index (χ2v) is 8.67. The average molecular weight is 450 g/mol. The lowest BCUT2D eigenvalue weighted by Crippen LogP contribution is -2.05. The van der Waals surface area contributed by atoms with Gasteiger partial charge in [-0.2, -0.15) is 0 Å². The van der Waals surface area contributed by atoms with Gasteiger partial charge in [0.15, 0.2) is 0 Å². The van der Waals surface area contributed by atoms with Gasteiger partial charge in [-0.15, -0.1) is 0 Å². The van der Waals surface area contributed by atoms with Gasteiger partial charge in [0.2, 0.25) is 0 Å². The van der Waals surface area contributed by atoms with Gasteiger partial charge in [-0.1, -0.05) is 86.7 Å². The molecule has 0 aliphatic heterocycles. The van der Waals surface area contributed by atoms with E-state index in [0.29, 0.717) is 13.2 Å². The monoisotopic (exact) mass is 449 g/mol. The summed E-state index contributed by atoms with van der Waals surface area (Å²) in [4.78, 5) is 4.58. The zero-order chi connectivity index (χ0) is 23.8. The lowest BCUT2D eigenvalue weighted by molar-refractivity contribution is 0.282. The number of aromatic nitrogens is 1. The molecule has 0 radical (unpaired) electrons. The first-order valence-corrected chi connectivity index (χ1v) is 11.7. The maximum Gasteiger partial charge on any atom is 0.127 e. The molecule has 4 aromatic rings. The summed E-state index contributed by atoms with van der Waals surface area (Å²) in [6.45, 7) is 7.36. The molecule has 0 atom stereocenters. The Hall–Kier alpha value is -3.85. The van der Waals surface area contributed by atoms with Crippen LogP contribution in [-0.4, -0.2) is 4.98 Å². The predicted molar refractivity (Wildman–Crippen MR) is 140 cm³/mol. The molecule has 0 fully saturated rings. The molecule has 3 aromatic carbocycles. The molecule has 0 saturated heterocycles. The normalized spacial score (nSPS) is 11.2. The third-order valence-corrected chi connectivity index (χ3v) is 5.53. The minimum Gasteiger partial charge on any atom is -0.488 e. The number of rotatable bonds is 9. The Balaban J connectivity index is 1.68. The van der Waals surface area contributed by atoms with Crippen molar-refractivity contribution in [1.82, 2.24) is 4.98 Å². The lowest BCUT2D eigenvalue weighted by Gasteiger charge is -2.20. The van der Waals surface area contributed by atoms with Crippen LogP contribution >= 0.6 is 0 Å². The largest absolute Gasteiger partial charge is 0.488 e. The molecule has 0 saturated carbocycles. The number of nitrogens with zero attached hydrogens (tertiary/aromatic N) is 1. The molecule has 0 spiro atoms. The van der Waals surface area contributed by atoms with Crippen LogP contribution in [-0.2, 0) is 13.2 Å². The van der Waals surface area contributed by atoms with Gasteiger partial charge in [-0.25, -0.2) is 0 Å². The maximum absolute atomic E-state index is 6.36. The molecule has 0 amide bonds. The minimum atomic E-state index is 0.244. The minimum absolute atomic E-state index is 0.244. The molecule has 3 nitrogen and oxygen atoms in total. The second kappa shape index (κ2) is 11.3. The topological polar surface area (TPSA) is 31.4 Å². The third kappa shape index (κ3) is 6.35. The van der Waals surface area contributed by atoms with Crippen molar-refractivity contribution in [3.8, 4) is 11.5 Å². The smallest absolute Gasteiger partial charge is 0.127 e. The maximum atomic E-state index is 6.36. The van der Waals surface area contributed by atoms with Crippen molar-refractivity contribution in [3.63, 3.8) is 0 Å². The Morgan fingerprint density at radius 3 is 1.76 bits per heavy atom. The fourth-order valence-corrected chi connectivity index (χ4v) is 3.83. The fraction of sp³-hybridized carbons (Fsp3) is 0.194. The number of pyridine rings is 1. The van der Waals surface area contributed by atoms with E-state index in [1.165, 1.54) is 0 Å². The first-order valence-electron chi connectivity index (χ1n) is 11.7. The van der Waals surface area contributed by atoms with Gasteiger partial charge >= 0.3 is 0 Å². The van der Waals surface area contributed by atoms with Crippen LogP contribution in [0.3, 0.4) is 0 Å². The van der Waals surface area contributed by atoms with E-state index in [2.05, 4.69) is 61.3 Å². The van der Waals surface area contributed by atoms with Crippen LogP contribution < -0.4 is 9.47 Å². The van der Waals surface area contributed by atoms with Crippen molar-refractivity contribution in [2.75, 3.05) is 0 Å². The molecule has 34 heavy (non-hydrogen) atoms. The SMILES string of the molecule is Cc1cccc(C=Cc2cc(OCc3ccccc3)c(C(C)C)c(OCc3ccccc3)c2)n1. The van der Waals surface area contributed by atoms with Crippen LogP contribution in [0.1, 0.15) is 53.4 Å². The molecule has 0 aliphatic rings. The molecule has 0 bridgehead atoms. The van der Waals surface area contributed by atoms with Crippen LogP contribution in [0.25, 0.3) is 12.2 Å². The summed E-state index contributed by atoms with van der Waals surface area (Å²) in [5, 5.41) is 0. The van der Waals surface area contributed by atoms with Gasteiger partial charge in [-0.3, -0.25) is 4.98 Å². The quantitative estimate of drug-likeness (QED) is 0.261.